The van der Waals surface area contributed by atoms with Gasteiger partial charge in [-0.15, -0.1) is 0 Å². The van der Waals surface area contributed by atoms with Gasteiger partial charge in [-0.05, 0) is 35.4 Å². The van der Waals surface area contributed by atoms with Gasteiger partial charge >= 0.3 is 0 Å². The van der Waals surface area contributed by atoms with Crippen molar-refractivity contribution in [3.8, 4) is 5.75 Å². The predicted octanol–water partition coefficient (Wildman–Crippen LogP) is 2.84. The lowest BCUT2D eigenvalue weighted by molar-refractivity contribution is -0.0499. The number of anilines is 1. The van der Waals surface area contributed by atoms with Gasteiger partial charge in [-0.2, -0.15) is 0 Å². The third-order valence-corrected chi connectivity index (χ3v) is 5.96. The molecular weight excluding hydrogens is 434 g/mol. The van der Waals surface area contributed by atoms with Gasteiger partial charge in [0.05, 0.1) is 17.6 Å². The monoisotopic (exact) mass is 461 g/mol. The Labute approximate surface area is 197 Å². The highest BCUT2D eigenvalue weighted by Gasteiger charge is 2.44. The molecule has 1 fully saturated rings. The van der Waals surface area contributed by atoms with Gasteiger partial charge in [-0.3, -0.25) is 4.57 Å². The Balaban J connectivity index is 1.35. The van der Waals surface area contributed by atoms with Crippen LogP contribution in [0.3, 0.4) is 0 Å². The first kappa shape index (κ1) is 22.4. The number of aliphatic hydroxyl groups is 3. The third-order valence-electron chi connectivity index (χ3n) is 5.96. The number of para-hydroxylation sites is 2. The number of rotatable bonds is 8. The predicted molar refractivity (Wildman–Crippen MR) is 127 cm³/mol. The maximum Gasteiger partial charge on any atom is 0.206 e. The van der Waals surface area contributed by atoms with E-state index >= 15 is 0 Å². The van der Waals surface area contributed by atoms with Crippen LogP contribution in [-0.4, -0.2) is 49.8 Å². The molecule has 3 aromatic carbocycles. The largest absolute Gasteiger partial charge is 0.489 e. The molecule has 0 bridgehead atoms. The smallest absolute Gasteiger partial charge is 0.206 e. The number of benzene rings is 3. The summed E-state index contributed by atoms with van der Waals surface area (Å²) in [5.74, 6) is 1.26. The molecule has 5 rings (SSSR count). The van der Waals surface area contributed by atoms with Gasteiger partial charge in [-0.1, -0.05) is 54.6 Å². The zero-order chi connectivity index (χ0) is 23.5. The fraction of sp³-hybridized carbons (Fsp3) is 0.269. The molecule has 4 atom stereocenters. The second kappa shape index (κ2) is 9.82. The molecule has 2 heterocycles. The molecule has 1 aliphatic rings. The van der Waals surface area contributed by atoms with E-state index in [1.165, 1.54) is 0 Å². The van der Waals surface area contributed by atoms with Gasteiger partial charge in [0.1, 0.15) is 30.7 Å². The Morgan fingerprint density at radius 1 is 0.912 bits per heavy atom. The zero-order valence-electron chi connectivity index (χ0n) is 18.5. The number of imidazole rings is 1. The van der Waals surface area contributed by atoms with Crippen LogP contribution in [0.4, 0.5) is 5.95 Å². The van der Waals surface area contributed by atoms with Crippen molar-refractivity contribution in [2.75, 3.05) is 11.9 Å². The van der Waals surface area contributed by atoms with Crippen molar-refractivity contribution in [2.24, 2.45) is 0 Å². The molecule has 1 aromatic heterocycles. The number of ether oxygens (including phenoxy) is 2. The minimum Gasteiger partial charge on any atom is -0.489 e. The second-order valence-electron chi connectivity index (χ2n) is 8.30. The number of aliphatic hydroxyl groups excluding tert-OH is 3. The quantitative estimate of drug-likeness (QED) is 0.320. The molecule has 1 aliphatic heterocycles. The van der Waals surface area contributed by atoms with Crippen LogP contribution in [0.5, 0.6) is 5.75 Å². The maximum atomic E-state index is 10.6. The van der Waals surface area contributed by atoms with Gasteiger partial charge < -0.3 is 30.1 Å². The van der Waals surface area contributed by atoms with E-state index in [0.717, 1.165) is 27.9 Å². The average molecular weight is 462 g/mol. The molecule has 1 saturated heterocycles. The molecule has 0 aliphatic carbocycles. The summed E-state index contributed by atoms with van der Waals surface area (Å²) in [4.78, 5) is 4.67. The van der Waals surface area contributed by atoms with E-state index in [-0.39, 0.29) is 6.61 Å². The highest BCUT2D eigenvalue weighted by Crippen LogP contribution is 2.35. The molecule has 8 heteroatoms. The van der Waals surface area contributed by atoms with E-state index in [1.54, 1.807) is 4.57 Å². The van der Waals surface area contributed by atoms with Gasteiger partial charge in [0.25, 0.3) is 0 Å². The van der Waals surface area contributed by atoms with Crippen molar-refractivity contribution in [1.82, 2.24) is 9.55 Å². The summed E-state index contributed by atoms with van der Waals surface area (Å²) in [7, 11) is 0. The lowest BCUT2D eigenvalue weighted by Crippen LogP contribution is -2.33. The molecular formula is C26H27N3O5. The summed E-state index contributed by atoms with van der Waals surface area (Å²) in [5, 5.41) is 33.7. The van der Waals surface area contributed by atoms with Gasteiger partial charge in [0, 0.05) is 6.54 Å². The minimum absolute atomic E-state index is 0.389. The molecule has 0 saturated carbocycles. The molecule has 4 N–H and O–H groups in total. The van der Waals surface area contributed by atoms with E-state index in [1.807, 2.05) is 78.9 Å². The van der Waals surface area contributed by atoms with Crippen LogP contribution in [0.25, 0.3) is 11.0 Å². The van der Waals surface area contributed by atoms with Gasteiger partial charge in [-0.25, -0.2) is 4.98 Å². The first-order valence-electron chi connectivity index (χ1n) is 11.2. The van der Waals surface area contributed by atoms with Crippen LogP contribution in [0, 0.1) is 0 Å². The molecule has 0 radical (unpaired) electrons. The first-order valence-corrected chi connectivity index (χ1v) is 11.2. The Hall–Kier alpha value is -3.43. The summed E-state index contributed by atoms with van der Waals surface area (Å²) in [6.45, 7) is 0.555. The number of nitrogens with zero attached hydrogens (tertiary/aromatic N) is 2. The van der Waals surface area contributed by atoms with Gasteiger partial charge in [0.2, 0.25) is 5.95 Å². The van der Waals surface area contributed by atoms with E-state index in [4.69, 9.17) is 9.47 Å². The van der Waals surface area contributed by atoms with Crippen molar-refractivity contribution in [3.05, 3.63) is 90.0 Å². The van der Waals surface area contributed by atoms with E-state index in [9.17, 15) is 15.3 Å². The number of nitrogens with one attached hydrogen (secondary N) is 1. The Kier molecular flexibility index (Phi) is 6.46. The van der Waals surface area contributed by atoms with Crippen LogP contribution in [-0.2, 0) is 17.9 Å². The fourth-order valence-electron chi connectivity index (χ4n) is 4.19. The Bertz CT molecular complexity index is 1250. The second-order valence-corrected chi connectivity index (χ2v) is 8.30. The molecule has 0 amide bonds. The highest BCUT2D eigenvalue weighted by molar-refractivity contribution is 5.78. The van der Waals surface area contributed by atoms with Crippen LogP contribution in [0.2, 0.25) is 0 Å². The highest BCUT2D eigenvalue weighted by atomic mass is 16.6. The Morgan fingerprint density at radius 2 is 1.68 bits per heavy atom. The van der Waals surface area contributed by atoms with E-state index < -0.39 is 24.5 Å². The summed E-state index contributed by atoms with van der Waals surface area (Å²) < 4.78 is 13.5. The van der Waals surface area contributed by atoms with Crippen LogP contribution in [0.15, 0.2) is 78.9 Å². The summed E-state index contributed by atoms with van der Waals surface area (Å²) in [5.41, 5.74) is 3.56. The maximum absolute atomic E-state index is 10.6. The number of aromatic nitrogens is 2. The van der Waals surface area contributed by atoms with Crippen LogP contribution >= 0.6 is 0 Å². The lowest BCUT2D eigenvalue weighted by atomic mass is 10.1. The topological polar surface area (TPSA) is 109 Å². The third kappa shape index (κ3) is 4.49. The number of hydrogen-bond acceptors (Lipinski definition) is 7. The lowest BCUT2D eigenvalue weighted by Gasteiger charge is -2.20. The molecule has 176 valence electrons. The zero-order valence-corrected chi connectivity index (χ0v) is 18.5. The molecule has 34 heavy (non-hydrogen) atoms. The number of fused-ring (bicyclic) bond motifs is 1. The standard InChI is InChI=1S/C26H27N3O5/c30-15-22-23(31)24(32)25(34-22)29-21-12-5-4-11-20(21)28-26(29)27-14-18-9-6-10-19(13-18)33-16-17-7-2-1-3-8-17/h1-13,22-25,30-32H,14-16H2,(H,27,28)/t22-,23-,24-,25-/m1/s1. The van der Waals surface area contributed by atoms with Crippen molar-refractivity contribution >= 4 is 17.0 Å². The van der Waals surface area contributed by atoms with E-state index in [0.29, 0.717) is 19.1 Å². The molecule has 0 spiro atoms. The minimum atomic E-state index is -1.20. The normalized spacial score (nSPS) is 22.2. The average Bonchev–Trinajstić information content (AvgIpc) is 3.38. The van der Waals surface area contributed by atoms with Crippen molar-refractivity contribution in [1.29, 1.82) is 0 Å². The Morgan fingerprint density at radius 3 is 2.47 bits per heavy atom. The molecule has 4 aromatic rings. The first-order chi connectivity index (χ1) is 16.6. The van der Waals surface area contributed by atoms with Crippen molar-refractivity contribution in [3.63, 3.8) is 0 Å². The van der Waals surface area contributed by atoms with Crippen LogP contribution in [0.1, 0.15) is 17.4 Å². The molecule has 0 unspecified atom stereocenters. The summed E-state index contributed by atoms with van der Waals surface area (Å²) in [6.07, 6.45) is -4.15. The van der Waals surface area contributed by atoms with Gasteiger partial charge in [0.15, 0.2) is 6.23 Å². The summed E-state index contributed by atoms with van der Waals surface area (Å²) in [6, 6.07) is 25.3. The number of hydrogen-bond donors (Lipinski definition) is 4. The fourth-order valence-corrected chi connectivity index (χ4v) is 4.19. The van der Waals surface area contributed by atoms with Crippen molar-refractivity contribution < 1.29 is 24.8 Å². The van der Waals surface area contributed by atoms with Crippen molar-refractivity contribution in [2.45, 2.75) is 37.7 Å². The SMILES string of the molecule is OC[C@H]1O[C@@H](n2c(NCc3cccc(OCc4ccccc4)c3)nc3ccccc32)[C@H](O)[C@@H]1O. The van der Waals surface area contributed by atoms with Crippen LogP contribution < -0.4 is 10.1 Å². The summed E-state index contributed by atoms with van der Waals surface area (Å²) >= 11 is 0. The molecule has 8 nitrogen and oxygen atoms in total. The van der Waals surface area contributed by atoms with E-state index in [2.05, 4.69) is 10.3 Å².